The van der Waals surface area contributed by atoms with Crippen molar-refractivity contribution < 1.29 is 4.79 Å². The molecular weight excluding hydrogens is 340 g/mol. The number of hydrogen-bond donors (Lipinski definition) is 0. The van der Waals surface area contributed by atoms with Crippen LogP contribution in [0.15, 0.2) is 30.8 Å². The number of ketones is 1. The highest BCUT2D eigenvalue weighted by molar-refractivity contribution is 5.87. The molecule has 5 rings (SSSR count). The minimum Gasteiger partial charge on any atom is -0.299 e. The second kappa shape index (κ2) is 6.85. The van der Waals surface area contributed by atoms with E-state index in [1.54, 1.807) is 0 Å². The molecule has 0 amide bonds. The van der Waals surface area contributed by atoms with Crippen LogP contribution < -0.4 is 0 Å². The minimum absolute atomic E-state index is 0.00939. The van der Waals surface area contributed by atoms with Crippen LogP contribution in [0.3, 0.4) is 0 Å². The summed E-state index contributed by atoms with van der Waals surface area (Å²) in [6, 6.07) is 9.19. The molecule has 0 saturated heterocycles. The second-order valence-electron chi connectivity index (χ2n) is 10.7. The molecule has 4 aliphatic carbocycles. The molecule has 4 aliphatic rings. The molecule has 1 aromatic carbocycles. The third kappa shape index (κ3) is 2.68. The van der Waals surface area contributed by atoms with Crippen LogP contribution in [0.25, 0.3) is 6.08 Å². The Hall–Kier alpha value is -1.37. The first kappa shape index (κ1) is 18.6. The molecule has 1 heteroatoms. The SMILES string of the molecule is C=Cc1ccc(C[C@]23CCCCC2CC[C@@H]2[C@H]3CC[C@]3(C)C(=O)CC[C@@H]23)cc1. The molecule has 28 heavy (non-hydrogen) atoms. The predicted molar refractivity (Wildman–Crippen MR) is 116 cm³/mol. The molecule has 0 spiro atoms. The van der Waals surface area contributed by atoms with Gasteiger partial charge in [-0.1, -0.05) is 56.7 Å². The summed E-state index contributed by atoms with van der Waals surface area (Å²) in [6.45, 7) is 6.23. The van der Waals surface area contributed by atoms with E-state index in [1.165, 1.54) is 68.9 Å². The number of hydrogen-bond acceptors (Lipinski definition) is 1. The Morgan fingerprint density at radius 2 is 1.82 bits per heavy atom. The first-order chi connectivity index (χ1) is 13.6. The minimum atomic E-state index is 0.00939. The molecule has 0 radical (unpaired) electrons. The molecule has 1 unspecified atom stereocenters. The Bertz CT molecular complexity index is 761. The van der Waals surface area contributed by atoms with Crippen LogP contribution in [-0.4, -0.2) is 5.78 Å². The first-order valence-corrected chi connectivity index (χ1v) is 11.8. The summed E-state index contributed by atoms with van der Waals surface area (Å²) in [7, 11) is 0. The lowest BCUT2D eigenvalue weighted by Crippen LogP contribution is -2.54. The Labute approximate surface area is 171 Å². The van der Waals surface area contributed by atoms with Crippen LogP contribution in [0.2, 0.25) is 0 Å². The summed E-state index contributed by atoms with van der Waals surface area (Å²) in [6.07, 6.45) is 16.2. The number of fused-ring (bicyclic) bond motifs is 5. The summed E-state index contributed by atoms with van der Waals surface area (Å²) in [5, 5.41) is 0. The van der Waals surface area contributed by atoms with E-state index in [9.17, 15) is 4.79 Å². The lowest BCUT2D eigenvalue weighted by molar-refractivity contribution is -0.140. The number of carbonyl (C=O) groups is 1. The van der Waals surface area contributed by atoms with E-state index in [-0.39, 0.29) is 5.41 Å². The van der Waals surface area contributed by atoms with Crippen molar-refractivity contribution in [3.05, 3.63) is 42.0 Å². The third-order valence-corrected chi connectivity index (χ3v) is 9.74. The van der Waals surface area contributed by atoms with Gasteiger partial charge in [-0.2, -0.15) is 0 Å². The molecule has 0 bridgehead atoms. The van der Waals surface area contributed by atoms with Gasteiger partial charge < -0.3 is 0 Å². The molecule has 4 saturated carbocycles. The molecule has 0 N–H and O–H groups in total. The lowest BCUT2D eigenvalue weighted by atomic mass is 9.44. The zero-order valence-electron chi connectivity index (χ0n) is 17.6. The molecule has 6 atom stereocenters. The smallest absolute Gasteiger partial charge is 0.139 e. The zero-order valence-corrected chi connectivity index (χ0v) is 17.6. The van der Waals surface area contributed by atoms with Gasteiger partial charge in [0.25, 0.3) is 0 Å². The average Bonchev–Trinajstić information content (AvgIpc) is 3.03. The highest BCUT2D eigenvalue weighted by Gasteiger charge is 2.60. The number of carbonyl (C=O) groups excluding carboxylic acids is 1. The Kier molecular flexibility index (Phi) is 4.56. The zero-order chi connectivity index (χ0) is 19.4. The van der Waals surface area contributed by atoms with Gasteiger partial charge in [-0.15, -0.1) is 0 Å². The Morgan fingerprint density at radius 1 is 1.00 bits per heavy atom. The quantitative estimate of drug-likeness (QED) is 0.563. The fourth-order valence-corrected chi connectivity index (χ4v) is 8.34. The molecule has 150 valence electrons. The van der Waals surface area contributed by atoms with Gasteiger partial charge in [-0.25, -0.2) is 0 Å². The number of benzene rings is 1. The van der Waals surface area contributed by atoms with E-state index in [0.29, 0.717) is 17.1 Å². The maximum atomic E-state index is 12.7. The van der Waals surface area contributed by atoms with Crippen LogP contribution in [0, 0.1) is 34.5 Å². The second-order valence-corrected chi connectivity index (χ2v) is 10.7. The maximum absolute atomic E-state index is 12.7. The fourth-order valence-electron chi connectivity index (χ4n) is 8.34. The van der Waals surface area contributed by atoms with Gasteiger partial charge in [0.15, 0.2) is 0 Å². The molecule has 0 heterocycles. The van der Waals surface area contributed by atoms with E-state index in [0.717, 1.165) is 30.6 Å². The molecule has 1 nitrogen and oxygen atoms in total. The first-order valence-electron chi connectivity index (χ1n) is 11.8. The van der Waals surface area contributed by atoms with E-state index < -0.39 is 0 Å². The third-order valence-electron chi connectivity index (χ3n) is 9.74. The van der Waals surface area contributed by atoms with Crippen molar-refractivity contribution in [1.29, 1.82) is 0 Å². The fraction of sp³-hybridized carbons (Fsp3) is 0.667. The Balaban J connectivity index is 1.49. The summed E-state index contributed by atoms with van der Waals surface area (Å²) < 4.78 is 0. The monoisotopic (exact) mass is 376 g/mol. The largest absolute Gasteiger partial charge is 0.299 e. The molecule has 4 fully saturated rings. The van der Waals surface area contributed by atoms with Crippen molar-refractivity contribution >= 4 is 11.9 Å². The van der Waals surface area contributed by atoms with Gasteiger partial charge >= 0.3 is 0 Å². The van der Waals surface area contributed by atoms with Crippen molar-refractivity contribution in [2.24, 2.45) is 34.5 Å². The number of Topliss-reactive ketones (excluding diaryl/α,β-unsaturated/α-hetero) is 1. The van der Waals surface area contributed by atoms with E-state index in [1.807, 2.05) is 6.08 Å². The predicted octanol–water partition coefficient (Wildman–Crippen LogP) is 6.85. The summed E-state index contributed by atoms with van der Waals surface area (Å²) >= 11 is 0. The van der Waals surface area contributed by atoms with Crippen LogP contribution in [0.1, 0.15) is 82.3 Å². The highest BCUT2D eigenvalue weighted by Crippen LogP contribution is 2.66. The van der Waals surface area contributed by atoms with Crippen LogP contribution in [-0.2, 0) is 11.2 Å². The van der Waals surface area contributed by atoms with Crippen molar-refractivity contribution in [2.45, 2.75) is 77.6 Å². The average molecular weight is 377 g/mol. The van der Waals surface area contributed by atoms with Crippen molar-refractivity contribution in [3.63, 3.8) is 0 Å². The Morgan fingerprint density at radius 3 is 2.61 bits per heavy atom. The molecular formula is C27H36O. The van der Waals surface area contributed by atoms with Crippen LogP contribution >= 0.6 is 0 Å². The van der Waals surface area contributed by atoms with Gasteiger partial charge in [0, 0.05) is 11.8 Å². The molecule has 0 aliphatic heterocycles. The van der Waals surface area contributed by atoms with E-state index >= 15 is 0 Å². The summed E-state index contributed by atoms with van der Waals surface area (Å²) in [5.74, 6) is 3.79. The van der Waals surface area contributed by atoms with E-state index in [4.69, 9.17) is 0 Å². The maximum Gasteiger partial charge on any atom is 0.139 e. The highest BCUT2D eigenvalue weighted by atomic mass is 16.1. The normalized spacial score (nSPS) is 42.4. The van der Waals surface area contributed by atoms with Crippen LogP contribution in [0.5, 0.6) is 0 Å². The van der Waals surface area contributed by atoms with Gasteiger partial charge in [0.05, 0.1) is 0 Å². The van der Waals surface area contributed by atoms with Crippen molar-refractivity contribution in [2.75, 3.05) is 0 Å². The molecule has 0 aromatic heterocycles. The van der Waals surface area contributed by atoms with Gasteiger partial charge in [0.2, 0.25) is 0 Å². The lowest BCUT2D eigenvalue weighted by Gasteiger charge is -2.61. The summed E-state index contributed by atoms with van der Waals surface area (Å²) in [5.41, 5.74) is 3.24. The standard InChI is InChI=1S/C27H36O/c1-3-19-7-9-20(10-8-19)18-27-16-5-4-6-21(27)11-12-22-23-13-14-25(28)26(23,2)17-15-24(22)27/h3,7-10,21-24H,1,4-6,11-18H2,2H3/t21?,22-,23-,24+,26-,27+/m0/s1. The van der Waals surface area contributed by atoms with E-state index in [2.05, 4.69) is 37.8 Å². The van der Waals surface area contributed by atoms with Gasteiger partial charge in [-0.05, 0) is 91.6 Å². The van der Waals surface area contributed by atoms with Gasteiger partial charge in [0.1, 0.15) is 5.78 Å². The molecule has 1 aromatic rings. The van der Waals surface area contributed by atoms with Crippen molar-refractivity contribution in [3.8, 4) is 0 Å². The summed E-state index contributed by atoms with van der Waals surface area (Å²) in [4.78, 5) is 12.7. The topological polar surface area (TPSA) is 17.1 Å². The van der Waals surface area contributed by atoms with Crippen molar-refractivity contribution in [1.82, 2.24) is 0 Å². The van der Waals surface area contributed by atoms with Gasteiger partial charge in [-0.3, -0.25) is 4.79 Å². The van der Waals surface area contributed by atoms with Crippen LogP contribution in [0.4, 0.5) is 0 Å². The number of rotatable bonds is 3.